The van der Waals surface area contributed by atoms with E-state index in [0.29, 0.717) is 0 Å². The van der Waals surface area contributed by atoms with Gasteiger partial charge in [0, 0.05) is 13.1 Å². The first kappa shape index (κ1) is 10.4. The third kappa shape index (κ3) is 2.45. The molecule has 1 aromatic heterocycles. The maximum absolute atomic E-state index is 5.67. The molecule has 0 amide bonds. The molecular formula is C11H17N3O. The van der Waals surface area contributed by atoms with E-state index in [2.05, 4.69) is 28.7 Å². The summed E-state index contributed by atoms with van der Waals surface area (Å²) in [6.45, 7) is 7.90. The van der Waals surface area contributed by atoms with Gasteiger partial charge in [-0.1, -0.05) is 0 Å². The molecule has 1 aromatic rings. The maximum atomic E-state index is 5.67. The van der Waals surface area contributed by atoms with Gasteiger partial charge in [-0.3, -0.25) is 4.98 Å². The van der Waals surface area contributed by atoms with Crippen LogP contribution in [0.25, 0.3) is 0 Å². The van der Waals surface area contributed by atoms with E-state index in [0.717, 1.165) is 24.6 Å². The van der Waals surface area contributed by atoms with Crippen molar-refractivity contribution in [3.63, 3.8) is 0 Å². The minimum absolute atomic E-state index is 0.261. The molecule has 0 radical (unpaired) electrons. The monoisotopic (exact) mass is 207 g/mol. The van der Waals surface area contributed by atoms with Crippen molar-refractivity contribution in [3.8, 4) is 0 Å². The lowest BCUT2D eigenvalue weighted by Gasteiger charge is -2.35. The average Bonchev–Trinajstić information content (AvgIpc) is 2.17. The molecule has 1 aliphatic rings. The van der Waals surface area contributed by atoms with Crippen LogP contribution in [-0.2, 0) is 4.74 Å². The van der Waals surface area contributed by atoms with Crippen molar-refractivity contribution in [2.24, 2.45) is 0 Å². The Morgan fingerprint density at radius 2 is 1.87 bits per heavy atom. The standard InChI is InChI=1S/C11H17N3O/c1-8-4-13-11(5-12-8)14-6-9(2)15-10(3)7-14/h4-5,9-10H,6-7H2,1-3H3. The van der Waals surface area contributed by atoms with Crippen molar-refractivity contribution >= 4 is 5.82 Å². The summed E-state index contributed by atoms with van der Waals surface area (Å²) in [5, 5.41) is 0. The van der Waals surface area contributed by atoms with Gasteiger partial charge in [0.25, 0.3) is 0 Å². The Morgan fingerprint density at radius 3 is 2.40 bits per heavy atom. The SMILES string of the molecule is Cc1cnc(N2CC(C)OC(C)C2)cn1. The molecule has 0 spiro atoms. The molecule has 0 saturated carbocycles. The molecule has 0 bridgehead atoms. The molecular weight excluding hydrogens is 190 g/mol. The maximum Gasteiger partial charge on any atom is 0.147 e. The molecule has 2 unspecified atom stereocenters. The van der Waals surface area contributed by atoms with Gasteiger partial charge in [0.2, 0.25) is 0 Å². The molecule has 82 valence electrons. The summed E-state index contributed by atoms with van der Waals surface area (Å²) in [4.78, 5) is 10.9. The van der Waals surface area contributed by atoms with Crippen LogP contribution in [0, 0.1) is 6.92 Å². The number of aryl methyl sites for hydroxylation is 1. The zero-order chi connectivity index (χ0) is 10.8. The topological polar surface area (TPSA) is 38.2 Å². The molecule has 1 fully saturated rings. The first-order valence-electron chi connectivity index (χ1n) is 5.34. The number of nitrogens with zero attached hydrogens (tertiary/aromatic N) is 3. The molecule has 2 heterocycles. The van der Waals surface area contributed by atoms with Crippen LogP contribution in [0.4, 0.5) is 5.82 Å². The summed E-state index contributed by atoms with van der Waals surface area (Å²) in [6.07, 6.45) is 4.16. The first-order chi connectivity index (χ1) is 7.15. The molecule has 2 rings (SSSR count). The quantitative estimate of drug-likeness (QED) is 0.697. The van der Waals surface area contributed by atoms with E-state index in [9.17, 15) is 0 Å². The lowest BCUT2D eigenvalue weighted by molar-refractivity contribution is -0.00547. The largest absolute Gasteiger partial charge is 0.372 e. The molecule has 4 nitrogen and oxygen atoms in total. The second-order valence-electron chi connectivity index (χ2n) is 4.18. The summed E-state index contributed by atoms with van der Waals surface area (Å²) in [7, 11) is 0. The Balaban J connectivity index is 2.12. The highest BCUT2D eigenvalue weighted by molar-refractivity contribution is 5.36. The number of aromatic nitrogens is 2. The van der Waals surface area contributed by atoms with Crippen LogP contribution in [0.15, 0.2) is 12.4 Å². The minimum atomic E-state index is 0.261. The zero-order valence-corrected chi connectivity index (χ0v) is 9.47. The molecule has 1 aliphatic heterocycles. The van der Waals surface area contributed by atoms with Crippen molar-refractivity contribution < 1.29 is 4.74 Å². The summed E-state index contributed by atoms with van der Waals surface area (Å²) in [6, 6.07) is 0. The Hall–Kier alpha value is -1.16. The Morgan fingerprint density at radius 1 is 1.20 bits per heavy atom. The lowest BCUT2D eigenvalue weighted by atomic mass is 10.2. The first-order valence-corrected chi connectivity index (χ1v) is 5.34. The number of ether oxygens (including phenoxy) is 1. The number of hydrogen-bond donors (Lipinski definition) is 0. The fourth-order valence-corrected chi connectivity index (χ4v) is 1.91. The van der Waals surface area contributed by atoms with Gasteiger partial charge in [-0.25, -0.2) is 4.98 Å². The summed E-state index contributed by atoms with van der Waals surface area (Å²) < 4.78 is 5.67. The van der Waals surface area contributed by atoms with Gasteiger partial charge < -0.3 is 9.64 Å². The molecule has 0 aromatic carbocycles. The highest BCUT2D eigenvalue weighted by Gasteiger charge is 2.22. The second-order valence-corrected chi connectivity index (χ2v) is 4.18. The van der Waals surface area contributed by atoms with E-state index in [1.54, 1.807) is 6.20 Å². The zero-order valence-electron chi connectivity index (χ0n) is 9.47. The van der Waals surface area contributed by atoms with Crippen molar-refractivity contribution in [1.82, 2.24) is 9.97 Å². The van der Waals surface area contributed by atoms with Gasteiger partial charge >= 0.3 is 0 Å². The Kier molecular flexibility index (Phi) is 2.86. The number of morpholine rings is 1. The third-order valence-corrected chi connectivity index (χ3v) is 2.51. The van der Waals surface area contributed by atoms with Crippen LogP contribution < -0.4 is 4.90 Å². The fourth-order valence-electron chi connectivity index (χ4n) is 1.91. The normalized spacial score (nSPS) is 26.7. The fraction of sp³-hybridized carbons (Fsp3) is 0.636. The Labute approximate surface area is 90.3 Å². The van der Waals surface area contributed by atoms with Gasteiger partial charge in [0.05, 0.1) is 30.3 Å². The van der Waals surface area contributed by atoms with Gasteiger partial charge in [0.1, 0.15) is 5.82 Å². The lowest BCUT2D eigenvalue weighted by Crippen LogP contribution is -2.45. The van der Waals surface area contributed by atoms with Crippen molar-refractivity contribution in [1.29, 1.82) is 0 Å². The molecule has 4 heteroatoms. The highest BCUT2D eigenvalue weighted by atomic mass is 16.5. The average molecular weight is 207 g/mol. The molecule has 2 atom stereocenters. The van der Waals surface area contributed by atoms with E-state index >= 15 is 0 Å². The van der Waals surface area contributed by atoms with E-state index in [1.807, 2.05) is 13.1 Å². The number of hydrogen-bond acceptors (Lipinski definition) is 4. The summed E-state index contributed by atoms with van der Waals surface area (Å²) in [5.74, 6) is 0.947. The minimum Gasteiger partial charge on any atom is -0.372 e. The van der Waals surface area contributed by atoms with Crippen LogP contribution >= 0.6 is 0 Å². The van der Waals surface area contributed by atoms with Crippen LogP contribution in [0.3, 0.4) is 0 Å². The smallest absolute Gasteiger partial charge is 0.147 e. The third-order valence-electron chi connectivity index (χ3n) is 2.51. The van der Waals surface area contributed by atoms with Gasteiger partial charge in [-0.2, -0.15) is 0 Å². The van der Waals surface area contributed by atoms with Crippen molar-refractivity contribution in [2.45, 2.75) is 33.0 Å². The van der Waals surface area contributed by atoms with Crippen LogP contribution in [0.2, 0.25) is 0 Å². The summed E-state index contributed by atoms with van der Waals surface area (Å²) >= 11 is 0. The molecule has 0 aliphatic carbocycles. The van der Waals surface area contributed by atoms with Crippen molar-refractivity contribution in [2.75, 3.05) is 18.0 Å². The number of rotatable bonds is 1. The highest BCUT2D eigenvalue weighted by Crippen LogP contribution is 2.16. The van der Waals surface area contributed by atoms with Crippen LogP contribution in [0.5, 0.6) is 0 Å². The van der Waals surface area contributed by atoms with E-state index < -0.39 is 0 Å². The predicted molar refractivity (Wildman–Crippen MR) is 59.0 cm³/mol. The van der Waals surface area contributed by atoms with E-state index in [4.69, 9.17) is 4.74 Å². The van der Waals surface area contributed by atoms with Gasteiger partial charge in [-0.15, -0.1) is 0 Å². The number of anilines is 1. The summed E-state index contributed by atoms with van der Waals surface area (Å²) in [5.41, 5.74) is 0.952. The second kappa shape index (κ2) is 4.14. The Bertz CT molecular complexity index is 315. The van der Waals surface area contributed by atoms with E-state index in [1.165, 1.54) is 0 Å². The van der Waals surface area contributed by atoms with Gasteiger partial charge in [0.15, 0.2) is 0 Å². The predicted octanol–water partition coefficient (Wildman–Crippen LogP) is 1.40. The van der Waals surface area contributed by atoms with Crippen LogP contribution in [0.1, 0.15) is 19.5 Å². The molecule has 0 N–H and O–H groups in total. The van der Waals surface area contributed by atoms with Crippen LogP contribution in [-0.4, -0.2) is 35.3 Å². The van der Waals surface area contributed by atoms with Crippen molar-refractivity contribution in [3.05, 3.63) is 18.1 Å². The van der Waals surface area contributed by atoms with E-state index in [-0.39, 0.29) is 12.2 Å². The molecule has 1 saturated heterocycles. The van der Waals surface area contributed by atoms with Gasteiger partial charge in [-0.05, 0) is 20.8 Å². The molecule has 15 heavy (non-hydrogen) atoms.